The van der Waals surface area contributed by atoms with Crippen molar-refractivity contribution in [1.29, 1.82) is 0 Å². The van der Waals surface area contributed by atoms with Crippen LogP contribution in [0.15, 0.2) is 21.5 Å². The topological polar surface area (TPSA) is 72.6 Å². The third kappa shape index (κ3) is 2.76. The van der Waals surface area contributed by atoms with E-state index < -0.39 is 15.8 Å². The number of hydrogen-bond acceptors (Lipinski definition) is 4. The normalized spacial score (nSPS) is 20.7. The molecule has 106 valence electrons. The molecule has 0 spiro atoms. The van der Waals surface area contributed by atoms with Gasteiger partial charge in [0, 0.05) is 19.1 Å². The minimum Gasteiger partial charge on any atom is -0.495 e. The molecule has 1 fully saturated rings. The molecule has 0 radical (unpaired) electrons. The van der Waals surface area contributed by atoms with Crippen molar-refractivity contribution >= 4 is 26.0 Å². The third-order valence-corrected chi connectivity index (χ3v) is 5.51. The molecule has 0 bridgehead atoms. The van der Waals surface area contributed by atoms with Gasteiger partial charge in [-0.05, 0) is 34.5 Å². The van der Waals surface area contributed by atoms with Gasteiger partial charge >= 0.3 is 0 Å². The van der Waals surface area contributed by atoms with Gasteiger partial charge in [0.15, 0.2) is 0 Å². The molecule has 0 aromatic heterocycles. The first kappa shape index (κ1) is 14.7. The van der Waals surface area contributed by atoms with E-state index in [1.807, 2.05) is 0 Å². The largest absolute Gasteiger partial charge is 0.495 e. The molecule has 1 aromatic rings. The first-order valence-corrected chi connectivity index (χ1v) is 7.88. The Hall–Kier alpha value is -0.700. The van der Waals surface area contributed by atoms with E-state index in [-0.39, 0.29) is 27.7 Å². The molecule has 2 N–H and O–H groups in total. The molecule has 1 aromatic carbocycles. The van der Waals surface area contributed by atoms with E-state index in [2.05, 4.69) is 15.9 Å². The Morgan fingerprint density at radius 1 is 1.53 bits per heavy atom. The lowest BCUT2D eigenvalue weighted by Gasteiger charge is -2.18. The molecule has 5 nitrogen and oxygen atoms in total. The minimum atomic E-state index is -3.79. The molecule has 8 heteroatoms. The zero-order chi connectivity index (χ0) is 14.2. The number of nitrogens with two attached hydrogens (primary N) is 1. The monoisotopic (exact) mass is 352 g/mol. The van der Waals surface area contributed by atoms with Crippen LogP contribution < -0.4 is 10.5 Å². The van der Waals surface area contributed by atoms with E-state index in [1.54, 1.807) is 0 Å². The summed E-state index contributed by atoms with van der Waals surface area (Å²) >= 11 is 3.00. The van der Waals surface area contributed by atoms with Crippen molar-refractivity contribution in [3.63, 3.8) is 0 Å². The van der Waals surface area contributed by atoms with Crippen LogP contribution in [-0.2, 0) is 10.0 Å². The summed E-state index contributed by atoms with van der Waals surface area (Å²) in [5.74, 6) is -0.545. The quantitative estimate of drug-likeness (QED) is 0.890. The van der Waals surface area contributed by atoms with E-state index in [1.165, 1.54) is 17.5 Å². The molecule has 19 heavy (non-hydrogen) atoms. The average Bonchev–Trinajstić information content (AvgIpc) is 2.79. The van der Waals surface area contributed by atoms with Crippen LogP contribution in [-0.4, -0.2) is 39.0 Å². The lowest BCUT2D eigenvalue weighted by Crippen LogP contribution is -2.32. The molecule has 1 aliphatic heterocycles. The molecule has 1 atom stereocenters. The molecule has 1 heterocycles. The summed E-state index contributed by atoms with van der Waals surface area (Å²) in [5.41, 5.74) is 5.71. The van der Waals surface area contributed by atoms with Crippen LogP contribution in [0, 0.1) is 5.82 Å². The SMILES string of the molecule is COc1cc(Br)c(F)cc1S(=O)(=O)N1CC[C@@H](N)C1. The molecule has 2 rings (SSSR count). The molecular weight excluding hydrogens is 339 g/mol. The van der Waals surface area contributed by atoms with Crippen molar-refractivity contribution in [2.45, 2.75) is 17.4 Å². The summed E-state index contributed by atoms with van der Waals surface area (Å²) in [6.07, 6.45) is 0.598. The van der Waals surface area contributed by atoms with Crippen LogP contribution in [0.2, 0.25) is 0 Å². The zero-order valence-electron chi connectivity index (χ0n) is 10.3. The molecule has 0 saturated carbocycles. The molecule has 0 amide bonds. The van der Waals surface area contributed by atoms with Crippen LogP contribution in [0.1, 0.15) is 6.42 Å². The molecule has 1 aliphatic rings. The summed E-state index contributed by atoms with van der Waals surface area (Å²) in [4.78, 5) is -0.176. The maximum atomic E-state index is 13.6. The predicted octanol–water partition coefficient (Wildman–Crippen LogP) is 1.32. The van der Waals surface area contributed by atoms with Gasteiger partial charge in [0.1, 0.15) is 16.5 Å². The first-order chi connectivity index (χ1) is 8.86. The Balaban J connectivity index is 2.48. The molecule has 0 aliphatic carbocycles. The average molecular weight is 353 g/mol. The first-order valence-electron chi connectivity index (χ1n) is 5.65. The second-order valence-electron chi connectivity index (χ2n) is 4.33. The lowest BCUT2D eigenvalue weighted by molar-refractivity contribution is 0.395. The Bertz CT molecular complexity index is 594. The summed E-state index contributed by atoms with van der Waals surface area (Å²) in [7, 11) is -2.44. The Kier molecular flexibility index (Phi) is 4.14. The molecule has 1 saturated heterocycles. The van der Waals surface area contributed by atoms with Crippen molar-refractivity contribution in [2.75, 3.05) is 20.2 Å². The van der Waals surface area contributed by atoms with E-state index in [0.29, 0.717) is 13.0 Å². The number of methoxy groups -OCH3 is 1. The maximum Gasteiger partial charge on any atom is 0.246 e. The smallest absolute Gasteiger partial charge is 0.246 e. The van der Waals surface area contributed by atoms with E-state index >= 15 is 0 Å². The van der Waals surface area contributed by atoms with Gasteiger partial charge in [0.25, 0.3) is 0 Å². The van der Waals surface area contributed by atoms with Gasteiger partial charge in [-0.3, -0.25) is 0 Å². The van der Waals surface area contributed by atoms with Crippen LogP contribution in [0.5, 0.6) is 5.75 Å². The highest BCUT2D eigenvalue weighted by molar-refractivity contribution is 9.10. The fourth-order valence-electron chi connectivity index (χ4n) is 1.98. The van der Waals surface area contributed by atoms with Gasteiger partial charge in [-0.25, -0.2) is 12.8 Å². The van der Waals surface area contributed by atoms with Gasteiger partial charge in [0.2, 0.25) is 10.0 Å². The number of benzene rings is 1. The highest BCUT2D eigenvalue weighted by atomic mass is 79.9. The standard InChI is InChI=1S/C11H14BrFN2O3S/c1-18-10-4-8(12)9(13)5-11(10)19(16,17)15-3-2-7(14)6-15/h4-5,7H,2-3,6,14H2,1H3/t7-/m1/s1. The van der Waals surface area contributed by atoms with Crippen molar-refractivity contribution in [2.24, 2.45) is 5.73 Å². The second-order valence-corrected chi connectivity index (χ2v) is 7.09. The van der Waals surface area contributed by atoms with Gasteiger partial charge in [0.05, 0.1) is 11.6 Å². The van der Waals surface area contributed by atoms with E-state index in [4.69, 9.17) is 10.5 Å². The van der Waals surface area contributed by atoms with E-state index in [0.717, 1.165) is 6.07 Å². The highest BCUT2D eigenvalue weighted by Gasteiger charge is 2.33. The van der Waals surface area contributed by atoms with Gasteiger partial charge < -0.3 is 10.5 Å². The Labute approximate surface area is 119 Å². The number of sulfonamides is 1. The summed E-state index contributed by atoms with van der Waals surface area (Å²) < 4.78 is 44.9. The number of halogens is 2. The van der Waals surface area contributed by atoms with Crippen molar-refractivity contribution in [3.8, 4) is 5.75 Å². The van der Waals surface area contributed by atoms with Crippen molar-refractivity contribution in [1.82, 2.24) is 4.31 Å². The lowest BCUT2D eigenvalue weighted by atomic mass is 10.3. The van der Waals surface area contributed by atoms with Crippen LogP contribution in [0.25, 0.3) is 0 Å². The molecule has 0 unspecified atom stereocenters. The second kappa shape index (κ2) is 5.35. The number of rotatable bonds is 3. The van der Waals surface area contributed by atoms with Crippen LogP contribution >= 0.6 is 15.9 Å². The summed E-state index contributed by atoms with van der Waals surface area (Å²) in [6, 6.07) is 2.08. The fraction of sp³-hybridized carbons (Fsp3) is 0.455. The number of hydrogen-bond donors (Lipinski definition) is 1. The van der Waals surface area contributed by atoms with Crippen LogP contribution in [0.3, 0.4) is 0 Å². The zero-order valence-corrected chi connectivity index (χ0v) is 12.7. The predicted molar refractivity (Wildman–Crippen MR) is 72.0 cm³/mol. The molecular formula is C11H14BrFN2O3S. The Morgan fingerprint density at radius 2 is 2.21 bits per heavy atom. The van der Waals surface area contributed by atoms with Gasteiger partial charge in [-0.2, -0.15) is 4.31 Å². The van der Waals surface area contributed by atoms with Gasteiger partial charge in [-0.15, -0.1) is 0 Å². The Morgan fingerprint density at radius 3 is 2.74 bits per heavy atom. The number of ether oxygens (including phenoxy) is 1. The maximum absolute atomic E-state index is 13.6. The minimum absolute atomic E-state index is 0.105. The van der Waals surface area contributed by atoms with Gasteiger partial charge in [-0.1, -0.05) is 0 Å². The van der Waals surface area contributed by atoms with Crippen LogP contribution in [0.4, 0.5) is 4.39 Å². The third-order valence-electron chi connectivity index (χ3n) is 3.01. The summed E-state index contributed by atoms with van der Waals surface area (Å²) in [5, 5.41) is 0. The van der Waals surface area contributed by atoms with Crippen molar-refractivity contribution < 1.29 is 17.5 Å². The van der Waals surface area contributed by atoms with E-state index in [9.17, 15) is 12.8 Å². The summed E-state index contributed by atoms with van der Waals surface area (Å²) in [6.45, 7) is 0.577. The fourth-order valence-corrected chi connectivity index (χ4v) is 3.97. The van der Waals surface area contributed by atoms with Crippen molar-refractivity contribution in [3.05, 3.63) is 22.4 Å². The number of nitrogens with zero attached hydrogens (tertiary/aromatic N) is 1. The highest BCUT2D eigenvalue weighted by Crippen LogP contribution is 2.32.